The lowest BCUT2D eigenvalue weighted by Crippen LogP contribution is -2.49. The van der Waals surface area contributed by atoms with E-state index >= 15 is 0 Å². The van der Waals surface area contributed by atoms with Gasteiger partial charge in [0.25, 0.3) is 0 Å². The van der Waals surface area contributed by atoms with Gasteiger partial charge in [0.15, 0.2) is 0 Å². The molecule has 2 aromatic rings. The Kier molecular flexibility index (Phi) is 6.13. The van der Waals surface area contributed by atoms with E-state index in [-0.39, 0.29) is 0 Å². The number of benzene rings is 2. The first-order chi connectivity index (χ1) is 12.7. The molecule has 2 aromatic carbocycles. The fourth-order valence-corrected chi connectivity index (χ4v) is 3.30. The molecule has 1 aliphatic rings. The molecule has 0 amide bonds. The van der Waals surface area contributed by atoms with Crippen LogP contribution >= 0.6 is 0 Å². The third kappa shape index (κ3) is 5.24. The molecule has 3 rings (SSSR count). The maximum atomic E-state index is 10.2. The molecular formula is C24H33BO2. The van der Waals surface area contributed by atoms with Gasteiger partial charge in [-0.1, -0.05) is 47.9 Å². The van der Waals surface area contributed by atoms with E-state index in [0.717, 1.165) is 11.9 Å². The van der Waals surface area contributed by atoms with Crippen LogP contribution in [0.3, 0.4) is 0 Å². The van der Waals surface area contributed by atoms with Crippen LogP contribution in [0, 0.1) is 0 Å². The van der Waals surface area contributed by atoms with Gasteiger partial charge in [-0.05, 0) is 88.5 Å². The normalized spacial score (nSPS) is 13.8. The van der Waals surface area contributed by atoms with Crippen molar-refractivity contribution in [2.45, 2.75) is 77.4 Å². The molecule has 1 aliphatic carbocycles. The first-order valence-electron chi connectivity index (χ1n) is 10.3. The SMILES string of the molecule is CC(C)(O)C(C)(C)OBc1ccc(CCCCc2ccc3c(c2)CC3)cc1. The first-order valence-corrected chi connectivity index (χ1v) is 10.3. The van der Waals surface area contributed by atoms with Crippen LogP contribution in [0.2, 0.25) is 0 Å². The van der Waals surface area contributed by atoms with Gasteiger partial charge in [-0.15, -0.1) is 0 Å². The highest BCUT2D eigenvalue weighted by atomic mass is 16.5. The van der Waals surface area contributed by atoms with Crippen LogP contribution in [-0.4, -0.2) is 23.8 Å². The van der Waals surface area contributed by atoms with Gasteiger partial charge >= 0.3 is 7.48 Å². The van der Waals surface area contributed by atoms with E-state index in [1.807, 2.05) is 13.8 Å². The molecular weight excluding hydrogens is 331 g/mol. The molecule has 0 aliphatic heterocycles. The summed E-state index contributed by atoms with van der Waals surface area (Å²) in [6.45, 7) is 7.44. The molecule has 0 spiro atoms. The van der Waals surface area contributed by atoms with E-state index in [2.05, 4.69) is 42.5 Å². The van der Waals surface area contributed by atoms with Crippen molar-refractivity contribution < 1.29 is 9.76 Å². The fraction of sp³-hybridized carbons (Fsp3) is 0.500. The molecule has 0 saturated carbocycles. The zero-order valence-corrected chi connectivity index (χ0v) is 17.3. The molecule has 0 unspecified atom stereocenters. The van der Waals surface area contributed by atoms with E-state index in [1.54, 1.807) is 25.0 Å². The number of aryl methyl sites for hydroxylation is 4. The highest BCUT2D eigenvalue weighted by Gasteiger charge is 2.35. The average Bonchev–Trinajstić information content (AvgIpc) is 2.59. The van der Waals surface area contributed by atoms with Crippen LogP contribution < -0.4 is 5.46 Å². The van der Waals surface area contributed by atoms with Gasteiger partial charge in [-0.2, -0.15) is 0 Å². The minimum atomic E-state index is -0.868. The van der Waals surface area contributed by atoms with Gasteiger partial charge in [0.2, 0.25) is 0 Å². The minimum absolute atomic E-state index is 0.523. The summed E-state index contributed by atoms with van der Waals surface area (Å²) in [5.41, 5.74) is 5.70. The number of aliphatic hydroxyl groups is 1. The summed E-state index contributed by atoms with van der Waals surface area (Å²) in [5, 5.41) is 10.2. The Labute approximate surface area is 165 Å². The van der Waals surface area contributed by atoms with Gasteiger partial charge in [0.05, 0.1) is 11.2 Å². The average molecular weight is 364 g/mol. The van der Waals surface area contributed by atoms with Crippen LogP contribution in [0.5, 0.6) is 0 Å². The van der Waals surface area contributed by atoms with Crippen molar-refractivity contribution in [2.24, 2.45) is 0 Å². The molecule has 0 heterocycles. The first kappa shape index (κ1) is 20.2. The van der Waals surface area contributed by atoms with Gasteiger partial charge in [-0.3, -0.25) is 0 Å². The Morgan fingerprint density at radius 3 is 2.00 bits per heavy atom. The summed E-state index contributed by atoms with van der Waals surface area (Å²) >= 11 is 0. The number of hydrogen-bond acceptors (Lipinski definition) is 2. The molecule has 27 heavy (non-hydrogen) atoms. The fourth-order valence-electron chi connectivity index (χ4n) is 3.30. The molecule has 0 radical (unpaired) electrons. The van der Waals surface area contributed by atoms with Crippen LogP contribution in [0.15, 0.2) is 42.5 Å². The molecule has 0 saturated heterocycles. The van der Waals surface area contributed by atoms with E-state index in [0.29, 0.717) is 7.48 Å². The Morgan fingerprint density at radius 2 is 1.44 bits per heavy atom. The summed E-state index contributed by atoms with van der Waals surface area (Å²) in [5.74, 6) is 0. The molecule has 3 heteroatoms. The molecule has 144 valence electrons. The maximum Gasteiger partial charge on any atom is 0.309 e. The molecule has 0 fully saturated rings. The van der Waals surface area contributed by atoms with Gasteiger partial charge in [0.1, 0.15) is 0 Å². The number of fused-ring (bicyclic) bond motifs is 1. The Bertz CT molecular complexity index is 757. The lowest BCUT2D eigenvalue weighted by Gasteiger charge is -2.37. The summed E-state index contributed by atoms with van der Waals surface area (Å²) in [4.78, 5) is 0. The third-order valence-corrected chi connectivity index (χ3v) is 6.21. The number of rotatable bonds is 9. The maximum absolute atomic E-state index is 10.2. The second-order valence-corrected chi connectivity index (χ2v) is 8.98. The van der Waals surface area contributed by atoms with Crippen molar-refractivity contribution in [1.82, 2.24) is 0 Å². The molecule has 0 atom stereocenters. The van der Waals surface area contributed by atoms with Gasteiger partial charge in [0, 0.05) is 0 Å². The second kappa shape index (κ2) is 8.20. The van der Waals surface area contributed by atoms with Crippen LogP contribution in [-0.2, 0) is 30.3 Å². The zero-order valence-electron chi connectivity index (χ0n) is 17.3. The highest BCUT2D eigenvalue weighted by molar-refractivity contribution is 6.47. The van der Waals surface area contributed by atoms with Crippen LogP contribution in [0.1, 0.15) is 62.8 Å². The van der Waals surface area contributed by atoms with Crippen molar-refractivity contribution in [2.75, 3.05) is 0 Å². The molecule has 1 N–H and O–H groups in total. The standard InChI is InChI=1S/C24H33BO2/c1-23(2,26)24(3,4)27-25-22-15-10-18(11-16-22)7-5-6-8-19-9-12-20-13-14-21(20)17-19/h9-12,15-17,25-26H,5-8,13-14H2,1-4H3. The third-order valence-electron chi connectivity index (χ3n) is 6.21. The summed E-state index contributed by atoms with van der Waals surface area (Å²) in [7, 11) is 0.523. The lowest BCUT2D eigenvalue weighted by molar-refractivity contribution is -0.0893. The summed E-state index contributed by atoms with van der Waals surface area (Å²) in [6.07, 6.45) is 7.31. The van der Waals surface area contributed by atoms with Gasteiger partial charge in [-0.25, -0.2) is 0 Å². The predicted molar refractivity (Wildman–Crippen MR) is 115 cm³/mol. The van der Waals surface area contributed by atoms with E-state index < -0.39 is 11.2 Å². The van der Waals surface area contributed by atoms with E-state index in [4.69, 9.17) is 4.65 Å². The number of hydrogen-bond donors (Lipinski definition) is 1. The Morgan fingerprint density at radius 1 is 0.852 bits per heavy atom. The Balaban J connectivity index is 1.40. The lowest BCUT2D eigenvalue weighted by atomic mass is 9.82. The molecule has 2 nitrogen and oxygen atoms in total. The van der Waals surface area contributed by atoms with Crippen molar-refractivity contribution >= 4 is 12.9 Å². The zero-order chi connectivity index (χ0) is 19.5. The largest absolute Gasteiger partial charge is 0.427 e. The van der Waals surface area contributed by atoms with Crippen molar-refractivity contribution in [3.63, 3.8) is 0 Å². The smallest absolute Gasteiger partial charge is 0.309 e. The second-order valence-electron chi connectivity index (χ2n) is 8.98. The Hall–Kier alpha value is -1.58. The molecule has 0 aromatic heterocycles. The van der Waals surface area contributed by atoms with Gasteiger partial charge < -0.3 is 9.76 Å². The highest BCUT2D eigenvalue weighted by Crippen LogP contribution is 2.25. The monoisotopic (exact) mass is 364 g/mol. The van der Waals surface area contributed by atoms with E-state index in [9.17, 15) is 5.11 Å². The summed E-state index contributed by atoms with van der Waals surface area (Å²) < 4.78 is 5.94. The number of unbranched alkanes of at least 4 members (excludes halogenated alkanes) is 1. The topological polar surface area (TPSA) is 29.5 Å². The molecule has 0 bridgehead atoms. The minimum Gasteiger partial charge on any atom is -0.427 e. The van der Waals surface area contributed by atoms with Crippen LogP contribution in [0.25, 0.3) is 0 Å². The van der Waals surface area contributed by atoms with Crippen molar-refractivity contribution in [3.8, 4) is 0 Å². The van der Waals surface area contributed by atoms with E-state index in [1.165, 1.54) is 43.2 Å². The quantitative estimate of drug-likeness (QED) is 0.540. The van der Waals surface area contributed by atoms with Crippen molar-refractivity contribution in [3.05, 3.63) is 64.7 Å². The van der Waals surface area contributed by atoms with Crippen LogP contribution in [0.4, 0.5) is 0 Å². The predicted octanol–water partition coefficient (Wildman–Crippen LogP) is 3.89. The van der Waals surface area contributed by atoms with Crippen molar-refractivity contribution in [1.29, 1.82) is 0 Å². The summed E-state index contributed by atoms with van der Waals surface area (Å²) in [6, 6.07) is 15.7.